The van der Waals surface area contributed by atoms with Crippen molar-refractivity contribution in [2.45, 2.75) is 0 Å². The van der Waals surface area contributed by atoms with Gasteiger partial charge < -0.3 is 15.3 Å². The van der Waals surface area contributed by atoms with E-state index in [1.165, 1.54) is 0 Å². The first-order valence-electron chi connectivity index (χ1n) is 2.73. The lowest BCUT2D eigenvalue weighted by Crippen LogP contribution is -1.70. The Morgan fingerprint density at radius 3 is 1.91 bits per heavy atom. The van der Waals surface area contributed by atoms with Gasteiger partial charge in [-0.05, 0) is 5.18 Å². The van der Waals surface area contributed by atoms with Gasteiger partial charge in [-0.25, -0.2) is 0 Å². The molecule has 0 bridgehead atoms. The maximum absolute atomic E-state index is 9.87. The van der Waals surface area contributed by atoms with Crippen molar-refractivity contribution in [2.24, 2.45) is 5.18 Å². The molecule has 0 unspecified atom stereocenters. The monoisotopic (exact) mass is 155 g/mol. The number of benzene rings is 1. The fourth-order valence-corrected chi connectivity index (χ4v) is 0.642. The molecule has 0 aliphatic carbocycles. The molecule has 0 amide bonds. The van der Waals surface area contributed by atoms with Gasteiger partial charge in [0.2, 0.25) is 0 Å². The Morgan fingerprint density at radius 1 is 1.09 bits per heavy atom. The van der Waals surface area contributed by atoms with Crippen LogP contribution >= 0.6 is 0 Å². The van der Waals surface area contributed by atoms with Crippen molar-refractivity contribution >= 4 is 5.69 Å². The third kappa shape index (κ3) is 1.21. The summed E-state index contributed by atoms with van der Waals surface area (Å²) >= 11 is 0. The molecule has 58 valence electrons. The third-order valence-electron chi connectivity index (χ3n) is 1.16. The van der Waals surface area contributed by atoms with Gasteiger partial charge in [-0.1, -0.05) is 0 Å². The van der Waals surface area contributed by atoms with Crippen LogP contribution < -0.4 is 0 Å². The first kappa shape index (κ1) is 7.33. The number of nitroso groups, excluding NO2 is 1. The molecule has 0 atom stereocenters. The maximum Gasteiger partial charge on any atom is 0.200 e. The Labute approximate surface area is 61.5 Å². The Balaban J connectivity index is 3.31. The Bertz CT molecular complexity index is 274. The van der Waals surface area contributed by atoms with Crippen molar-refractivity contribution in [3.05, 3.63) is 17.0 Å². The Hall–Kier alpha value is -1.78. The Kier molecular flexibility index (Phi) is 1.63. The third-order valence-corrected chi connectivity index (χ3v) is 1.16. The molecule has 0 spiro atoms. The zero-order valence-electron chi connectivity index (χ0n) is 5.35. The van der Waals surface area contributed by atoms with Gasteiger partial charge in [0.1, 0.15) is 5.69 Å². The van der Waals surface area contributed by atoms with E-state index in [1.54, 1.807) is 0 Å². The van der Waals surface area contributed by atoms with E-state index in [9.17, 15) is 4.91 Å². The van der Waals surface area contributed by atoms with Crippen LogP contribution in [0.4, 0.5) is 5.69 Å². The van der Waals surface area contributed by atoms with Crippen LogP contribution in [0.1, 0.15) is 0 Å². The highest BCUT2D eigenvalue weighted by Crippen LogP contribution is 2.37. The number of hydrogen-bond donors (Lipinski definition) is 3. The van der Waals surface area contributed by atoms with Gasteiger partial charge in [0.05, 0.1) is 0 Å². The topological polar surface area (TPSA) is 90.1 Å². The molecule has 0 aliphatic rings. The SMILES string of the molecule is O=Nc1cc(O)c(O)c(O)c1. The predicted octanol–water partition coefficient (Wildman–Crippen LogP) is 1.20. The number of nitrogens with zero attached hydrogens (tertiary/aromatic N) is 1. The highest BCUT2D eigenvalue weighted by molar-refractivity contribution is 5.58. The largest absolute Gasteiger partial charge is 0.504 e. The van der Waals surface area contributed by atoms with E-state index in [4.69, 9.17) is 15.3 Å². The van der Waals surface area contributed by atoms with Crippen molar-refractivity contribution in [3.8, 4) is 17.2 Å². The van der Waals surface area contributed by atoms with Crippen LogP contribution in [0, 0.1) is 4.91 Å². The maximum atomic E-state index is 9.87. The van der Waals surface area contributed by atoms with Gasteiger partial charge in [-0.3, -0.25) is 0 Å². The number of phenols is 3. The molecule has 0 fully saturated rings. The van der Waals surface area contributed by atoms with Crippen molar-refractivity contribution in [2.75, 3.05) is 0 Å². The van der Waals surface area contributed by atoms with Crippen molar-refractivity contribution < 1.29 is 15.3 Å². The summed E-state index contributed by atoms with van der Waals surface area (Å²) in [6.45, 7) is 0. The summed E-state index contributed by atoms with van der Waals surface area (Å²) in [7, 11) is 0. The number of rotatable bonds is 1. The number of phenolic OH excluding ortho intramolecular Hbond substituents is 3. The molecule has 5 heteroatoms. The van der Waals surface area contributed by atoms with E-state index < -0.39 is 17.2 Å². The molecule has 1 aromatic carbocycles. The molecule has 0 aromatic heterocycles. The number of hydrogen-bond acceptors (Lipinski definition) is 5. The zero-order valence-corrected chi connectivity index (χ0v) is 5.35. The van der Waals surface area contributed by atoms with E-state index >= 15 is 0 Å². The van der Waals surface area contributed by atoms with E-state index in [0.29, 0.717) is 0 Å². The van der Waals surface area contributed by atoms with Gasteiger partial charge in [-0.15, -0.1) is 4.91 Å². The molecule has 0 aliphatic heterocycles. The summed E-state index contributed by atoms with van der Waals surface area (Å²) in [6.07, 6.45) is 0. The summed E-state index contributed by atoms with van der Waals surface area (Å²) in [5.74, 6) is -1.79. The fraction of sp³-hybridized carbons (Fsp3) is 0. The molecule has 5 nitrogen and oxygen atoms in total. The van der Waals surface area contributed by atoms with Crippen molar-refractivity contribution in [1.82, 2.24) is 0 Å². The second kappa shape index (κ2) is 2.45. The molecule has 1 aromatic rings. The molecule has 0 heterocycles. The van der Waals surface area contributed by atoms with E-state index in [0.717, 1.165) is 12.1 Å². The lowest BCUT2D eigenvalue weighted by Gasteiger charge is -1.99. The van der Waals surface area contributed by atoms with Gasteiger partial charge in [0.25, 0.3) is 0 Å². The van der Waals surface area contributed by atoms with Crippen LogP contribution in [0.5, 0.6) is 17.2 Å². The molecule has 3 N–H and O–H groups in total. The second-order valence-corrected chi connectivity index (χ2v) is 1.92. The second-order valence-electron chi connectivity index (χ2n) is 1.92. The minimum Gasteiger partial charge on any atom is -0.504 e. The number of aromatic hydroxyl groups is 3. The normalized spacial score (nSPS) is 9.45. The summed E-state index contributed by atoms with van der Waals surface area (Å²) < 4.78 is 0. The average molecular weight is 155 g/mol. The molecular formula is C6H5NO4. The molecule has 0 saturated carbocycles. The van der Waals surface area contributed by atoms with Crippen LogP contribution in [0.3, 0.4) is 0 Å². The van der Waals surface area contributed by atoms with Crippen molar-refractivity contribution in [1.29, 1.82) is 0 Å². The fourth-order valence-electron chi connectivity index (χ4n) is 0.642. The smallest absolute Gasteiger partial charge is 0.200 e. The van der Waals surface area contributed by atoms with E-state index in [1.807, 2.05) is 0 Å². The summed E-state index contributed by atoms with van der Waals surface area (Å²) in [5.41, 5.74) is -0.141. The minimum atomic E-state index is -0.655. The zero-order chi connectivity index (χ0) is 8.43. The summed E-state index contributed by atoms with van der Waals surface area (Å²) in [5, 5.41) is 28.8. The quantitative estimate of drug-likeness (QED) is 0.419. The van der Waals surface area contributed by atoms with Crippen molar-refractivity contribution in [3.63, 3.8) is 0 Å². The minimum absolute atomic E-state index is 0.141. The molecule has 11 heavy (non-hydrogen) atoms. The first-order valence-corrected chi connectivity index (χ1v) is 2.73. The average Bonchev–Trinajstić information content (AvgIpc) is 1.99. The summed E-state index contributed by atoms with van der Waals surface area (Å²) in [6, 6.07) is 1.89. The van der Waals surface area contributed by atoms with Gasteiger partial charge in [-0.2, -0.15) is 0 Å². The molecule has 1 rings (SSSR count). The molecular weight excluding hydrogens is 150 g/mol. The van der Waals surface area contributed by atoms with Crippen LogP contribution in [0.2, 0.25) is 0 Å². The van der Waals surface area contributed by atoms with Gasteiger partial charge in [0.15, 0.2) is 17.2 Å². The van der Waals surface area contributed by atoms with Gasteiger partial charge in [0, 0.05) is 12.1 Å². The van der Waals surface area contributed by atoms with Crippen LogP contribution in [0.15, 0.2) is 17.3 Å². The highest BCUT2D eigenvalue weighted by atomic mass is 16.3. The highest BCUT2D eigenvalue weighted by Gasteiger charge is 2.07. The van der Waals surface area contributed by atoms with Crippen LogP contribution in [-0.4, -0.2) is 15.3 Å². The molecule has 0 radical (unpaired) electrons. The van der Waals surface area contributed by atoms with E-state index in [2.05, 4.69) is 5.18 Å². The standard InChI is InChI=1S/C6H5NO4/c8-4-1-3(7-11)2-5(9)6(4)10/h1-2,8-10H. The van der Waals surface area contributed by atoms with Crippen LogP contribution in [-0.2, 0) is 0 Å². The lowest BCUT2D eigenvalue weighted by atomic mass is 10.2. The lowest BCUT2D eigenvalue weighted by molar-refractivity contribution is 0.368. The van der Waals surface area contributed by atoms with E-state index in [-0.39, 0.29) is 5.69 Å². The predicted molar refractivity (Wildman–Crippen MR) is 36.9 cm³/mol. The Morgan fingerprint density at radius 2 is 1.55 bits per heavy atom. The van der Waals surface area contributed by atoms with Gasteiger partial charge >= 0.3 is 0 Å². The molecule has 0 saturated heterocycles. The van der Waals surface area contributed by atoms with Crippen LogP contribution in [0.25, 0.3) is 0 Å². The summed E-state index contributed by atoms with van der Waals surface area (Å²) in [4.78, 5) is 9.87. The first-order chi connectivity index (χ1) is 5.15.